The number of rotatable bonds is 6. The van der Waals surface area contributed by atoms with Crippen LogP contribution in [-0.2, 0) is 27.4 Å². The topological polar surface area (TPSA) is 90.2 Å². The molecule has 1 heterocycles. The third-order valence-electron chi connectivity index (χ3n) is 3.21. The first-order valence-electron chi connectivity index (χ1n) is 6.70. The number of carbonyl (C=O) groups is 2. The summed E-state index contributed by atoms with van der Waals surface area (Å²) in [6.07, 6.45) is 1.35. The SMILES string of the molecule is COC(=O)CN(Cc1ccccc1C)C(=O)Cn1cnnn1. The summed E-state index contributed by atoms with van der Waals surface area (Å²) < 4.78 is 5.96. The highest BCUT2D eigenvalue weighted by Crippen LogP contribution is 2.11. The van der Waals surface area contributed by atoms with Crippen molar-refractivity contribution in [3.8, 4) is 0 Å². The summed E-state index contributed by atoms with van der Waals surface area (Å²) in [5, 5.41) is 10.6. The average molecular weight is 303 g/mol. The van der Waals surface area contributed by atoms with Gasteiger partial charge in [0.05, 0.1) is 7.11 Å². The van der Waals surface area contributed by atoms with Crippen LogP contribution in [0.4, 0.5) is 0 Å². The van der Waals surface area contributed by atoms with Crippen molar-refractivity contribution in [3.63, 3.8) is 0 Å². The van der Waals surface area contributed by atoms with Gasteiger partial charge >= 0.3 is 5.97 Å². The van der Waals surface area contributed by atoms with Crippen molar-refractivity contribution in [2.75, 3.05) is 13.7 Å². The van der Waals surface area contributed by atoms with Gasteiger partial charge in [0.2, 0.25) is 5.91 Å². The van der Waals surface area contributed by atoms with Crippen LogP contribution in [0.1, 0.15) is 11.1 Å². The fourth-order valence-corrected chi connectivity index (χ4v) is 1.94. The molecule has 0 aliphatic carbocycles. The van der Waals surface area contributed by atoms with Gasteiger partial charge in [-0.3, -0.25) is 9.59 Å². The zero-order chi connectivity index (χ0) is 15.9. The summed E-state index contributed by atoms with van der Waals surface area (Å²) in [4.78, 5) is 25.3. The third kappa shape index (κ3) is 4.11. The van der Waals surface area contributed by atoms with Crippen LogP contribution in [0.25, 0.3) is 0 Å². The predicted octanol–water partition coefficient (Wildman–Crippen LogP) is 0.183. The summed E-state index contributed by atoms with van der Waals surface area (Å²) >= 11 is 0. The molecule has 0 unspecified atom stereocenters. The van der Waals surface area contributed by atoms with E-state index in [2.05, 4.69) is 20.3 Å². The standard InChI is InChI=1S/C14H17N5O3/c1-11-5-3-4-6-12(11)7-18(9-14(21)22-2)13(20)8-19-10-15-16-17-19/h3-6,10H,7-9H2,1-2H3. The van der Waals surface area contributed by atoms with Gasteiger partial charge in [-0.25, -0.2) is 4.68 Å². The van der Waals surface area contributed by atoms with E-state index in [4.69, 9.17) is 0 Å². The lowest BCUT2D eigenvalue weighted by Gasteiger charge is -2.22. The molecule has 0 saturated heterocycles. The Labute approximate surface area is 127 Å². The van der Waals surface area contributed by atoms with Gasteiger partial charge < -0.3 is 9.64 Å². The summed E-state index contributed by atoms with van der Waals surface area (Å²) in [5.74, 6) is -0.736. The van der Waals surface area contributed by atoms with Crippen LogP contribution in [0.5, 0.6) is 0 Å². The van der Waals surface area contributed by atoms with E-state index in [1.807, 2.05) is 31.2 Å². The molecular formula is C14H17N5O3. The number of nitrogens with zero attached hydrogens (tertiary/aromatic N) is 5. The van der Waals surface area contributed by atoms with Crippen molar-refractivity contribution >= 4 is 11.9 Å². The van der Waals surface area contributed by atoms with Crippen LogP contribution in [0.15, 0.2) is 30.6 Å². The monoisotopic (exact) mass is 303 g/mol. The Balaban J connectivity index is 2.13. The Morgan fingerprint density at radius 2 is 2.09 bits per heavy atom. The maximum atomic E-state index is 12.4. The van der Waals surface area contributed by atoms with E-state index in [9.17, 15) is 9.59 Å². The molecule has 1 aromatic heterocycles. The minimum absolute atomic E-state index is 0.0319. The summed E-state index contributed by atoms with van der Waals surface area (Å²) in [5.41, 5.74) is 2.02. The number of aromatic nitrogens is 4. The van der Waals surface area contributed by atoms with Gasteiger partial charge in [0.1, 0.15) is 19.4 Å². The maximum absolute atomic E-state index is 12.4. The van der Waals surface area contributed by atoms with Crippen molar-refractivity contribution in [3.05, 3.63) is 41.7 Å². The molecule has 0 radical (unpaired) electrons. The number of aryl methyl sites for hydroxylation is 1. The first-order valence-corrected chi connectivity index (χ1v) is 6.70. The number of hydrogen-bond donors (Lipinski definition) is 0. The number of ether oxygens (including phenoxy) is 1. The molecule has 0 fully saturated rings. The Morgan fingerprint density at radius 1 is 1.32 bits per heavy atom. The van der Waals surface area contributed by atoms with Crippen molar-refractivity contribution < 1.29 is 14.3 Å². The molecule has 0 N–H and O–H groups in total. The summed E-state index contributed by atoms with van der Waals surface area (Å²) in [6, 6.07) is 7.69. The maximum Gasteiger partial charge on any atom is 0.325 e. The van der Waals surface area contributed by atoms with Gasteiger partial charge in [-0.1, -0.05) is 24.3 Å². The second-order valence-corrected chi connectivity index (χ2v) is 4.76. The number of methoxy groups -OCH3 is 1. The Kier molecular flexibility index (Phi) is 5.18. The quantitative estimate of drug-likeness (QED) is 0.707. The Morgan fingerprint density at radius 3 is 2.73 bits per heavy atom. The van der Waals surface area contributed by atoms with E-state index in [0.29, 0.717) is 6.54 Å². The predicted molar refractivity (Wildman–Crippen MR) is 76.4 cm³/mol. The number of esters is 1. The van der Waals surface area contributed by atoms with Gasteiger partial charge in [-0.15, -0.1) is 5.10 Å². The molecule has 8 heteroatoms. The molecule has 8 nitrogen and oxygen atoms in total. The van der Waals surface area contributed by atoms with Gasteiger partial charge in [0.15, 0.2) is 0 Å². The summed E-state index contributed by atoms with van der Waals surface area (Å²) in [6.45, 7) is 2.13. The van der Waals surface area contributed by atoms with E-state index < -0.39 is 5.97 Å². The zero-order valence-corrected chi connectivity index (χ0v) is 12.5. The van der Waals surface area contributed by atoms with E-state index in [-0.39, 0.29) is 19.0 Å². The molecule has 0 atom stereocenters. The first kappa shape index (κ1) is 15.6. The highest BCUT2D eigenvalue weighted by Gasteiger charge is 2.19. The fraction of sp³-hybridized carbons (Fsp3) is 0.357. The number of tetrazole rings is 1. The number of benzene rings is 1. The molecule has 2 rings (SSSR count). The van der Waals surface area contributed by atoms with Gasteiger partial charge in [0.25, 0.3) is 0 Å². The van der Waals surface area contributed by atoms with Crippen LogP contribution in [-0.4, -0.2) is 50.6 Å². The van der Waals surface area contributed by atoms with Crippen molar-refractivity contribution in [2.45, 2.75) is 20.0 Å². The second kappa shape index (κ2) is 7.30. The van der Waals surface area contributed by atoms with Crippen LogP contribution >= 0.6 is 0 Å². The largest absolute Gasteiger partial charge is 0.468 e. The van der Waals surface area contributed by atoms with Crippen LogP contribution < -0.4 is 0 Å². The smallest absolute Gasteiger partial charge is 0.325 e. The molecule has 116 valence electrons. The van der Waals surface area contributed by atoms with Crippen LogP contribution in [0.2, 0.25) is 0 Å². The molecule has 0 aliphatic rings. The molecule has 1 amide bonds. The van der Waals surface area contributed by atoms with Gasteiger partial charge in [-0.2, -0.15) is 0 Å². The lowest BCUT2D eigenvalue weighted by molar-refractivity contribution is -0.147. The van der Waals surface area contributed by atoms with E-state index >= 15 is 0 Å². The zero-order valence-electron chi connectivity index (χ0n) is 12.5. The molecule has 0 aliphatic heterocycles. The lowest BCUT2D eigenvalue weighted by Crippen LogP contribution is -2.38. The molecular weight excluding hydrogens is 286 g/mol. The van der Waals surface area contributed by atoms with Crippen molar-refractivity contribution in [1.29, 1.82) is 0 Å². The highest BCUT2D eigenvalue weighted by atomic mass is 16.5. The van der Waals surface area contributed by atoms with E-state index in [1.54, 1.807) is 0 Å². The Hall–Kier alpha value is -2.77. The number of hydrogen-bond acceptors (Lipinski definition) is 6. The number of amides is 1. The Bertz CT molecular complexity index is 642. The fourth-order valence-electron chi connectivity index (χ4n) is 1.94. The molecule has 0 saturated carbocycles. The lowest BCUT2D eigenvalue weighted by atomic mass is 10.1. The van der Waals surface area contributed by atoms with Crippen molar-refractivity contribution in [1.82, 2.24) is 25.1 Å². The van der Waals surface area contributed by atoms with Crippen LogP contribution in [0.3, 0.4) is 0 Å². The van der Waals surface area contributed by atoms with E-state index in [0.717, 1.165) is 11.1 Å². The minimum atomic E-state index is -0.473. The van der Waals surface area contributed by atoms with E-state index in [1.165, 1.54) is 23.0 Å². The second-order valence-electron chi connectivity index (χ2n) is 4.76. The first-order chi connectivity index (χ1) is 10.6. The van der Waals surface area contributed by atoms with Crippen LogP contribution in [0, 0.1) is 6.92 Å². The van der Waals surface area contributed by atoms with Gasteiger partial charge in [-0.05, 0) is 28.5 Å². The number of carbonyl (C=O) groups excluding carboxylic acids is 2. The normalized spacial score (nSPS) is 10.3. The molecule has 2 aromatic rings. The highest BCUT2D eigenvalue weighted by molar-refractivity contribution is 5.81. The molecule has 0 spiro atoms. The molecule has 1 aromatic carbocycles. The summed E-state index contributed by atoms with van der Waals surface area (Å²) in [7, 11) is 1.29. The van der Waals surface area contributed by atoms with Crippen molar-refractivity contribution in [2.24, 2.45) is 0 Å². The van der Waals surface area contributed by atoms with Gasteiger partial charge in [0, 0.05) is 6.54 Å². The third-order valence-corrected chi connectivity index (χ3v) is 3.21. The minimum Gasteiger partial charge on any atom is -0.468 e. The molecule has 0 bridgehead atoms. The average Bonchev–Trinajstić information content (AvgIpc) is 3.01. The molecule has 22 heavy (non-hydrogen) atoms.